The van der Waals surface area contributed by atoms with Crippen LogP contribution < -0.4 is 5.32 Å². The Morgan fingerprint density at radius 2 is 2.53 bits per heavy atom. The largest absolute Gasteiger partial charge is 0.468 e. The summed E-state index contributed by atoms with van der Waals surface area (Å²) in [7, 11) is 1.24. The summed E-state index contributed by atoms with van der Waals surface area (Å²) in [6.45, 7) is -0.165. The lowest BCUT2D eigenvalue weighted by Crippen LogP contribution is -2.15. The fourth-order valence-corrected chi connectivity index (χ4v) is 2.00. The number of hydrogen-bond acceptors (Lipinski definition) is 7. The van der Waals surface area contributed by atoms with Crippen molar-refractivity contribution in [3.05, 3.63) is 21.7 Å². The molecule has 0 atom stereocenters. The number of hydrogen-bond donors (Lipinski definition) is 1. The molecule has 0 fully saturated rings. The lowest BCUT2D eigenvalue weighted by molar-refractivity contribution is -0.389. The van der Waals surface area contributed by atoms with Gasteiger partial charge in [0, 0.05) is 5.38 Å². The van der Waals surface area contributed by atoms with E-state index < -0.39 is 10.9 Å². The number of esters is 1. The minimum Gasteiger partial charge on any atom is -0.468 e. The van der Waals surface area contributed by atoms with Gasteiger partial charge in [0.1, 0.15) is 12.7 Å². The smallest absolute Gasteiger partial charge is 0.372 e. The maximum Gasteiger partial charge on any atom is 0.372 e. The molecule has 0 bridgehead atoms. The molecule has 0 unspecified atom stereocenters. The molecule has 9 heteroatoms. The maximum absolute atomic E-state index is 10.9. The topological polar surface area (TPSA) is 98.8 Å². The molecule has 2 rings (SSSR count). The SMILES string of the molecule is COC(=O)CNc1nc2sccn2c1[N+](=O)[O-]. The summed E-state index contributed by atoms with van der Waals surface area (Å²) >= 11 is 1.27. The number of thiazole rings is 1. The first-order valence-corrected chi connectivity index (χ1v) is 5.42. The van der Waals surface area contributed by atoms with E-state index in [0.29, 0.717) is 4.96 Å². The van der Waals surface area contributed by atoms with E-state index in [1.807, 2.05) is 0 Å². The van der Waals surface area contributed by atoms with Crippen LogP contribution >= 0.6 is 11.3 Å². The number of nitrogens with one attached hydrogen (secondary N) is 1. The minimum absolute atomic E-state index is 0.0623. The zero-order valence-corrected chi connectivity index (χ0v) is 9.56. The molecule has 17 heavy (non-hydrogen) atoms. The third-order valence-corrected chi connectivity index (χ3v) is 2.79. The van der Waals surface area contributed by atoms with Gasteiger partial charge in [-0.3, -0.25) is 4.79 Å². The average molecular weight is 256 g/mol. The van der Waals surface area contributed by atoms with Crippen LogP contribution in [0, 0.1) is 10.1 Å². The maximum atomic E-state index is 10.9. The van der Waals surface area contributed by atoms with Gasteiger partial charge in [0.2, 0.25) is 5.82 Å². The van der Waals surface area contributed by atoms with Gasteiger partial charge in [0.25, 0.3) is 4.96 Å². The molecule has 0 aliphatic carbocycles. The highest BCUT2D eigenvalue weighted by Crippen LogP contribution is 2.27. The van der Waals surface area contributed by atoms with Crippen molar-refractivity contribution in [1.82, 2.24) is 9.38 Å². The van der Waals surface area contributed by atoms with Crippen LogP contribution in [0.2, 0.25) is 0 Å². The molecule has 90 valence electrons. The van der Waals surface area contributed by atoms with Gasteiger partial charge in [0.05, 0.1) is 7.11 Å². The second-order valence-electron chi connectivity index (χ2n) is 3.03. The fourth-order valence-electron chi connectivity index (χ4n) is 1.29. The van der Waals surface area contributed by atoms with Crippen LogP contribution in [-0.2, 0) is 9.53 Å². The highest BCUT2D eigenvalue weighted by Gasteiger charge is 2.23. The number of nitrogens with zero attached hydrogens (tertiary/aromatic N) is 3. The molecule has 8 nitrogen and oxygen atoms in total. The van der Waals surface area contributed by atoms with Crippen LogP contribution in [-0.4, -0.2) is 33.9 Å². The van der Waals surface area contributed by atoms with E-state index in [1.165, 1.54) is 22.8 Å². The standard InChI is InChI=1S/C8H8N4O4S/c1-16-5(13)4-9-6-7(12(14)15)11-2-3-17-8(11)10-6/h2-3,9H,4H2,1H3. The van der Waals surface area contributed by atoms with Crippen molar-refractivity contribution in [1.29, 1.82) is 0 Å². The number of ether oxygens (including phenoxy) is 1. The van der Waals surface area contributed by atoms with Crippen LogP contribution in [0.4, 0.5) is 11.6 Å². The highest BCUT2D eigenvalue weighted by molar-refractivity contribution is 7.15. The van der Waals surface area contributed by atoms with Crippen molar-refractivity contribution in [3.8, 4) is 0 Å². The molecule has 2 heterocycles. The number of carbonyl (C=O) groups is 1. The summed E-state index contributed by atoms with van der Waals surface area (Å²) < 4.78 is 5.78. The van der Waals surface area contributed by atoms with Gasteiger partial charge in [-0.1, -0.05) is 11.3 Å². The van der Waals surface area contributed by atoms with Gasteiger partial charge in [-0.05, 0) is 4.92 Å². The van der Waals surface area contributed by atoms with Crippen LogP contribution in [0.3, 0.4) is 0 Å². The van der Waals surface area contributed by atoms with Gasteiger partial charge in [-0.25, -0.2) is 0 Å². The Morgan fingerprint density at radius 3 is 3.18 bits per heavy atom. The monoisotopic (exact) mass is 256 g/mol. The van der Waals surface area contributed by atoms with Gasteiger partial charge in [-0.2, -0.15) is 9.38 Å². The summed E-state index contributed by atoms with van der Waals surface area (Å²) in [5, 5.41) is 15.2. The second kappa shape index (κ2) is 4.37. The second-order valence-corrected chi connectivity index (χ2v) is 3.90. The Balaban J connectivity index is 2.32. The quantitative estimate of drug-likeness (QED) is 0.495. The molecule has 0 amide bonds. The normalized spacial score (nSPS) is 10.4. The number of rotatable bonds is 4. The van der Waals surface area contributed by atoms with Gasteiger partial charge >= 0.3 is 11.8 Å². The van der Waals surface area contributed by atoms with Gasteiger partial charge < -0.3 is 20.2 Å². The summed E-state index contributed by atoms with van der Waals surface area (Å²) in [4.78, 5) is 25.8. The van der Waals surface area contributed by atoms with E-state index in [2.05, 4.69) is 15.0 Å². The molecule has 0 saturated heterocycles. The van der Waals surface area contributed by atoms with E-state index in [0.717, 1.165) is 0 Å². The van der Waals surface area contributed by atoms with Crippen molar-refractivity contribution in [2.75, 3.05) is 19.0 Å². The van der Waals surface area contributed by atoms with E-state index in [1.54, 1.807) is 11.6 Å². The number of nitro groups is 1. The predicted molar refractivity (Wildman–Crippen MR) is 60.2 cm³/mol. The van der Waals surface area contributed by atoms with E-state index >= 15 is 0 Å². The number of methoxy groups -OCH3 is 1. The van der Waals surface area contributed by atoms with E-state index in [-0.39, 0.29) is 18.2 Å². The first-order chi connectivity index (χ1) is 8.13. The van der Waals surface area contributed by atoms with Crippen LogP contribution in [0.15, 0.2) is 11.6 Å². The van der Waals surface area contributed by atoms with Crippen molar-refractivity contribution in [3.63, 3.8) is 0 Å². The summed E-state index contributed by atoms with van der Waals surface area (Å²) in [6, 6.07) is 0. The van der Waals surface area contributed by atoms with Crippen molar-refractivity contribution >= 4 is 33.9 Å². The Labute approximate surface area is 99.0 Å². The Hall–Kier alpha value is -2.16. The third kappa shape index (κ3) is 2.04. The first-order valence-electron chi connectivity index (χ1n) is 4.54. The molecule has 0 aliphatic heterocycles. The molecule has 1 N–H and O–H groups in total. The van der Waals surface area contributed by atoms with Gasteiger partial charge in [0.15, 0.2) is 0 Å². The van der Waals surface area contributed by atoms with Crippen molar-refractivity contribution < 1.29 is 14.5 Å². The molecule has 0 aromatic carbocycles. The molecular formula is C8H8N4O4S. The van der Waals surface area contributed by atoms with Crippen molar-refractivity contribution in [2.24, 2.45) is 0 Å². The van der Waals surface area contributed by atoms with Crippen LogP contribution in [0.5, 0.6) is 0 Å². The van der Waals surface area contributed by atoms with Crippen LogP contribution in [0.1, 0.15) is 0 Å². The lowest BCUT2D eigenvalue weighted by atomic mass is 10.5. The molecule has 2 aromatic heterocycles. The number of imidazole rings is 1. The lowest BCUT2D eigenvalue weighted by Gasteiger charge is -2.01. The van der Waals surface area contributed by atoms with Gasteiger partial charge in [-0.15, -0.1) is 0 Å². The summed E-state index contributed by atoms with van der Waals surface area (Å²) in [5.41, 5.74) is 0. The fraction of sp³-hybridized carbons (Fsp3) is 0.250. The molecule has 0 saturated carbocycles. The number of carbonyl (C=O) groups excluding carboxylic acids is 1. The molecule has 0 aliphatic rings. The molecule has 0 spiro atoms. The van der Waals surface area contributed by atoms with E-state index in [4.69, 9.17) is 0 Å². The number of aromatic nitrogens is 2. The Kier molecular flexibility index (Phi) is 2.91. The zero-order valence-electron chi connectivity index (χ0n) is 8.74. The predicted octanol–water partition coefficient (Wildman–Crippen LogP) is 0.889. The van der Waals surface area contributed by atoms with Crippen molar-refractivity contribution in [2.45, 2.75) is 0 Å². The Bertz CT molecular complexity index is 575. The number of anilines is 1. The third-order valence-electron chi connectivity index (χ3n) is 2.04. The zero-order chi connectivity index (χ0) is 12.4. The molecule has 0 radical (unpaired) electrons. The average Bonchev–Trinajstić information content (AvgIpc) is 2.84. The highest BCUT2D eigenvalue weighted by atomic mass is 32.1. The minimum atomic E-state index is -0.549. The molecular weight excluding hydrogens is 248 g/mol. The Morgan fingerprint density at radius 1 is 1.76 bits per heavy atom. The first kappa shape index (κ1) is 11.3. The summed E-state index contributed by atoms with van der Waals surface area (Å²) in [6.07, 6.45) is 1.55. The summed E-state index contributed by atoms with van der Waals surface area (Å²) in [5.74, 6) is -0.645. The molecule has 2 aromatic rings. The number of fused-ring (bicyclic) bond motifs is 1. The van der Waals surface area contributed by atoms with Crippen LogP contribution in [0.25, 0.3) is 4.96 Å². The van der Waals surface area contributed by atoms with E-state index in [9.17, 15) is 14.9 Å².